The molecule has 1 aliphatic carbocycles. The van der Waals surface area contributed by atoms with Crippen molar-refractivity contribution in [3.8, 4) is 0 Å². The van der Waals surface area contributed by atoms with Crippen molar-refractivity contribution in [2.75, 3.05) is 6.61 Å². The highest BCUT2D eigenvalue weighted by Gasteiger charge is 2.33. The number of aromatic nitrogens is 3. The average Bonchev–Trinajstić information content (AvgIpc) is 2.98. The van der Waals surface area contributed by atoms with Gasteiger partial charge in [-0.3, -0.25) is 9.48 Å². The number of nitrogens with one attached hydrogen (secondary N) is 1. The topological polar surface area (TPSA) is 61.1 Å². The number of ether oxygens (including phenoxy) is 1. The average molecular weight is 314 g/mol. The van der Waals surface area contributed by atoms with Gasteiger partial charge in [-0.25, -0.2) is 0 Å². The monoisotopic (exact) mass is 314 g/mol. The van der Waals surface area contributed by atoms with Gasteiger partial charge in [-0.05, 0) is 38.3 Å². The van der Waals surface area contributed by atoms with Crippen LogP contribution in [-0.2, 0) is 11.3 Å². The number of hydrogen-bond donors (Lipinski definition) is 1. The molecule has 0 aromatic carbocycles. The molecule has 1 amide bonds. The first-order valence-electron chi connectivity index (χ1n) is 8.38. The van der Waals surface area contributed by atoms with Crippen LogP contribution in [0.3, 0.4) is 0 Å². The standard InChI is InChI=1S/C17H22N4O2/c1-2-20-11-12(10-18-20)16-14(7-9-23-16)19-17(22)15-4-3-8-21(15)13-5-6-13/h3-4,8,10-11,13-14,16H,2,5-7,9H2,1H3,(H,19,22)/t14-,16+/m0/s1. The second kappa shape index (κ2) is 5.85. The van der Waals surface area contributed by atoms with E-state index in [0.29, 0.717) is 12.6 Å². The lowest BCUT2D eigenvalue weighted by Gasteiger charge is -2.19. The van der Waals surface area contributed by atoms with Gasteiger partial charge in [0.1, 0.15) is 11.8 Å². The second-order valence-electron chi connectivity index (χ2n) is 6.32. The second-order valence-corrected chi connectivity index (χ2v) is 6.32. The molecule has 1 aliphatic heterocycles. The molecule has 0 bridgehead atoms. The van der Waals surface area contributed by atoms with Crippen LogP contribution in [0.5, 0.6) is 0 Å². The van der Waals surface area contributed by atoms with Crippen LogP contribution < -0.4 is 5.32 Å². The largest absolute Gasteiger partial charge is 0.371 e. The predicted octanol–water partition coefficient (Wildman–Crippen LogP) is 2.30. The SMILES string of the molecule is CCn1cc([C@H]2OCC[C@@H]2NC(=O)c2cccn2C2CC2)cn1. The van der Waals surface area contributed by atoms with Crippen molar-refractivity contribution in [1.82, 2.24) is 19.7 Å². The van der Waals surface area contributed by atoms with E-state index < -0.39 is 0 Å². The molecule has 6 nitrogen and oxygen atoms in total. The van der Waals surface area contributed by atoms with E-state index in [4.69, 9.17) is 4.74 Å². The van der Waals surface area contributed by atoms with Crippen LogP contribution >= 0.6 is 0 Å². The fraction of sp³-hybridized carbons (Fsp3) is 0.529. The van der Waals surface area contributed by atoms with Crippen LogP contribution in [0.15, 0.2) is 30.7 Å². The van der Waals surface area contributed by atoms with Gasteiger partial charge in [0.15, 0.2) is 0 Å². The molecule has 2 aromatic heterocycles. The highest BCUT2D eigenvalue weighted by molar-refractivity contribution is 5.93. The number of amides is 1. The Morgan fingerprint density at radius 1 is 1.43 bits per heavy atom. The van der Waals surface area contributed by atoms with Gasteiger partial charge >= 0.3 is 0 Å². The van der Waals surface area contributed by atoms with Gasteiger partial charge in [0.25, 0.3) is 5.91 Å². The lowest BCUT2D eigenvalue weighted by Crippen LogP contribution is -2.37. The molecule has 1 saturated carbocycles. The molecule has 0 radical (unpaired) electrons. The minimum absolute atomic E-state index is 0.000408. The van der Waals surface area contributed by atoms with Gasteiger partial charge in [-0.15, -0.1) is 0 Å². The third-order valence-corrected chi connectivity index (χ3v) is 4.67. The van der Waals surface area contributed by atoms with Crippen LogP contribution in [0.25, 0.3) is 0 Å². The first-order chi connectivity index (χ1) is 11.3. The maximum atomic E-state index is 12.6. The molecule has 0 unspecified atom stereocenters. The van der Waals surface area contributed by atoms with Crippen molar-refractivity contribution >= 4 is 5.91 Å². The molecule has 2 aliphatic rings. The molecule has 6 heteroatoms. The maximum Gasteiger partial charge on any atom is 0.268 e. The molecule has 3 heterocycles. The van der Waals surface area contributed by atoms with Crippen LogP contribution in [0.4, 0.5) is 0 Å². The highest BCUT2D eigenvalue weighted by atomic mass is 16.5. The number of carbonyl (C=O) groups excluding carboxylic acids is 1. The van der Waals surface area contributed by atoms with Crippen LogP contribution in [0.2, 0.25) is 0 Å². The Morgan fingerprint density at radius 2 is 2.30 bits per heavy atom. The van der Waals surface area contributed by atoms with Gasteiger partial charge in [-0.2, -0.15) is 5.10 Å². The third-order valence-electron chi connectivity index (χ3n) is 4.67. The van der Waals surface area contributed by atoms with Crippen molar-refractivity contribution in [2.45, 2.75) is 50.9 Å². The molecule has 1 N–H and O–H groups in total. The predicted molar refractivity (Wildman–Crippen MR) is 85.2 cm³/mol. The Morgan fingerprint density at radius 3 is 3.04 bits per heavy atom. The molecular formula is C17H22N4O2. The fourth-order valence-electron chi connectivity index (χ4n) is 3.26. The molecule has 122 valence electrons. The van der Waals surface area contributed by atoms with Gasteiger partial charge in [0, 0.05) is 37.2 Å². The van der Waals surface area contributed by atoms with Crippen molar-refractivity contribution < 1.29 is 9.53 Å². The van der Waals surface area contributed by atoms with Crippen molar-refractivity contribution in [3.05, 3.63) is 42.0 Å². The summed E-state index contributed by atoms with van der Waals surface area (Å²) in [6, 6.07) is 4.35. The van der Waals surface area contributed by atoms with Crippen LogP contribution in [0, 0.1) is 0 Å². The summed E-state index contributed by atoms with van der Waals surface area (Å²) in [5.74, 6) is -0.00900. The number of nitrogens with zero attached hydrogens (tertiary/aromatic N) is 3. The smallest absolute Gasteiger partial charge is 0.268 e. The van der Waals surface area contributed by atoms with E-state index in [1.807, 2.05) is 35.4 Å². The number of hydrogen-bond acceptors (Lipinski definition) is 3. The number of aryl methyl sites for hydroxylation is 1. The quantitative estimate of drug-likeness (QED) is 0.921. The number of carbonyl (C=O) groups is 1. The lowest BCUT2D eigenvalue weighted by atomic mass is 10.1. The van der Waals surface area contributed by atoms with Gasteiger partial charge in [0.05, 0.1) is 12.2 Å². The Labute approximate surface area is 135 Å². The summed E-state index contributed by atoms with van der Waals surface area (Å²) in [6.07, 6.45) is 8.90. The maximum absolute atomic E-state index is 12.6. The molecule has 4 rings (SSSR count). The normalized spacial score (nSPS) is 24.0. The molecule has 23 heavy (non-hydrogen) atoms. The van der Waals surface area contributed by atoms with Crippen LogP contribution in [0.1, 0.15) is 54.4 Å². The third kappa shape index (κ3) is 2.79. The van der Waals surface area contributed by atoms with E-state index in [-0.39, 0.29) is 18.1 Å². The zero-order valence-electron chi connectivity index (χ0n) is 13.3. The van der Waals surface area contributed by atoms with Gasteiger partial charge in [-0.1, -0.05) is 0 Å². The summed E-state index contributed by atoms with van der Waals surface area (Å²) in [5.41, 5.74) is 1.79. The zero-order valence-corrected chi connectivity index (χ0v) is 13.3. The van der Waals surface area contributed by atoms with Crippen molar-refractivity contribution in [2.24, 2.45) is 0 Å². The van der Waals surface area contributed by atoms with E-state index in [9.17, 15) is 4.79 Å². The van der Waals surface area contributed by atoms with E-state index >= 15 is 0 Å². The summed E-state index contributed by atoms with van der Waals surface area (Å²) >= 11 is 0. The van der Waals surface area contributed by atoms with Gasteiger partial charge in [0.2, 0.25) is 0 Å². The summed E-state index contributed by atoms with van der Waals surface area (Å²) in [5, 5.41) is 7.47. The molecular weight excluding hydrogens is 292 g/mol. The van der Waals surface area contributed by atoms with Crippen molar-refractivity contribution in [3.63, 3.8) is 0 Å². The summed E-state index contributed by atoms with van der Waals surface area (Å²) in [4.78, 5) is 12.6. The molecule has 1 saturated heterocycles. The number of rotatable bonds is 5. The van der Waals surface area contributed by atoms with E-state index in [1.54, 1.807) is 0 Å². The summed E-state index contributed by atoms with van der Waals surface area (Å²) in [6.45, 7) is 3.55. The molecule has 0 spiro atoms. The first-order valence-corrected chi connectivity index (χ1v) is 8.38. The Hall–Kier alpha value is -2.08. The molecule has 2 atom stereocenters. The fourth-order valence-corrected chi connectivity index (χ4v) is 3.26. The Balaban J connectivity index is 1.48. The Kier molecular flexibility index (Phi) is 3.69. The minimum Gasteiger partial charge on any atom is -0.371 e. The van der Waals surface area contributed by atoms with Gasteiger partial charge < -0.3 is 14.6 Å². The lowest BCUT2D eigenvalue weighted by molar-refractivity contribution is 0.0814. The Bertz CT molecular complexity index is 701. The summed E-state index contributed by atoms with van der Waals surface area (Å²) < 4.78 is 9.82. The van der Waals surface area contributed by atoms with E-state index in [0.717, 1.165) is 24.2 Å². The zero-order chi connectivity index (χ0) is 15.8. The highest BCUT2D eigenvalue weighted by Crippen LogP contribution is 2.36. The summed E-state index contributed by atoms with van der Waals surface area (Å²) in [7, 11) is 0. The molecule has 2 fully saturated rings. The van der Waals surface area contributed by atoms with E-state index in [1.165, 1.54) is 12.8 Å². The van der Waals surface area contributed by atoms with E-state index in [2.05, 4.69) is 21.9 Å². The minimum atomic E-state index is -0.108. The van der Waals surface area contributed by atoms with Crippen LogP contribution in [-0.4, -0.2) is 32.9 Å². The van der Waals surface area contributed by atoms with Crippen molar-refractivity contribution in [1.29, 1.82) is 0 Å². The first kappa shape index (κ1) is 14.5. The molecule has 2 aromatic rings.